The molecule has 0 saturated carbocycles. The van der Waals surface area contributed by atoms with Crippen LogP contribution in [0.15, 0.2) is 60.7 Å². The molecule has 0 bridgehead atoms. The van der Waals surface area contributed by atoms with Gasteiger partial charge in [0.05, 0.1) is 23.5 Å². The van der Waals surface area contributed by atoms with Crippen LogP contribution in [0.2, 0.25) is 0 Å². The topological polar surface area (TPSA) is 69.7 Å². The summed E-state index contributed by atoms with van der Waals surface area (Å²) in [6.07, 6.45) is -4.04. The molecule has 0 aliphatic carbocycles. The van der Waals surface area contributed by atoms with Crippen LogP contribution in [0, 0.1) is 6.92 Å². The van der Waals surface area contributed by atoms with E-state index >= 15 is 0 Å². The van der Waals surface area contributed by atoms with Crippen LogP contribution >= 0.6 is 0 Å². The second-order valence-corrected chi connectivity index (χ2v) is 8.24. The van der Waals surface area contributed by atoms with Crippen molar-refractivity contribution in [2.24, 2.45) is 0 Å². The third-order valence-electron chi connectivity index (χ3n) is 4.76. The number of carbonyl (C=O) groups excluding carboxylic acids is 1. The third-order valence-corrected chi connectivity index (χ3v) is 4.76. The fourth-order valence-electron chi connectivity index (χ4n) is 3.48. The van der Waals surface area contributed by atoms with E-state index in [1.54, 1.807) is 43.3 Å². The maximum Gasteiger partial charge on any atom is 0.573 e. The van der Waals surface area contributed by atoms with Crippen molar-refractivity contribution in [3.8, 4) is 17.2 Å². The predicted molar refractivity (Wildman–Crippen MR) is 126 cm³/mol. The summed E-state index contributed by atoms with van der Waals surface area (Å²) in [6.45, 7) is 7.69. The first-order valence-corrected chi connectivity index (χ1v) is 11.1. The molecule has 9 heteroatoms. The van der Waals surface area contributed by atoms with Crippen LogP contribution in [-0.2, 0) is 11.2 Å². The summed E-state index contributed by atoms with van der Waals surface area (Å²) in [4.78, 5) is 17.4. The molecule has 1 amide bonds. The number of halogens is 3. The number of alkyl halides is 3. The highest BCUT2D eigenvalue weighted by molar-refractivity contribution is 6.05. The largest absolute Gasteiger partial charge is 0.573 e. The van der Waals surface area contributed by atoms with Gasteiger partial charge in [-0.05, 0) is 64.1 Å². The van der Waals surface area contributed by atoms with Crippen LogP contribution in [0.4, 0.5) is 18.9 Å². The van der Waals surface area contributed by atoms with Gasteiger partial charge in [-0.2, -0.15) is 0 Å². The molecule has 1 aromatic heterocycles. The molecule has 35 heavy (non-hydrogen) atoms. The lowest BCUT2D eigenvalue weighted by Gasteiger charge is -2.16. The summed E-state index contributed by atoms with van der Waals surface area (Å²) >= 11 is 0. The normalized spacial score (nSPS) is 12.3. The fraction of sp³-hybridized carbons (Fsp3) is 0.308. The van der Waals surface area contributed by atoms with Crippen molar-refractivity contribution in [2.45, 2.75) is 52.7 Å². The number of hydrogen-bond acceptors (Lipinski definition) is 5. The Balaban J connectivity index is 1.66. The zero-order valence-corrected chi connectivity index (χ0v) is 19.8. The van der Waals surface area contributed by atoms with Gasteiger partial charge >= 0.3 is 6.36 Å². The number of hydrogen-bond donors (Lipinski definition) is 1. The van der Waals surface area contributed by atoms with E-state index < -0.39 is 12.1 Å². The molecule has 0 radical (unpaired) electrons. The van der Waals surface area contributed by atoms with Gasteiger partial charge < -0.3 is 19.5 Å². The van der Waals surface area contributed by atoms with Crippen LogP contribution in [0.25, 0.3) is 0 Å². The lowest BCUT2D eigenvalue weighted by atomic mass is 10.1. The van der Waals surface area contributed by atoms with Crippen LogP contribution in [0.3, 0.4) is 0 Å². The van der Waals surface area contributed by atoms with Gasteiger partial charge in [-0.1, -0.05) is 12.1 Å². The average Bonchev–Trinajstić information content (AvgIpc) is 2.72. The monoisotopic (exact) mass is 488 g/mol. The number of nitrogens with one attached hydrogen (secondary N) is 1. The number of aromatic nitrogens is 1. The summed E-state index contributed by atoms with van der Waals surface area (Å²) in [6, 6.07) is 15.2. The van der Waals surface area contributed by atoms with Crippen LogP contribution in [-0.4, -0.2) is 29.5 Å². The number of benzene rings is 2. The summed E-state index contributed by atoms with van der Waals surface area (Å²) < 4.78 is 52.7. The summed E-state index contributed by atoms with van der Waals surface area (Å²) in [5.41, 5.74) is 2.30. The molecule has 0 aliphatic rings. The van der Waals surface area contributed by atoms with Gasteiger partial charge in [0.15, 0.2) is 0 Å². The Morgan fingerprint density at radius 2 is 1.63 bits per heavy atom. The molecule has 3 rings (SSSR count). The molecule has 1 heterocycles. The molecule has 0 saturated heterocycles. The lowest BCUT2D eigenvalue weighted by molar-refractivity contribution is -0.274. The van der Waals surface area contributed by atoms with Gasteiger partial charge in [-0.3, -0.25) is 9.78 Å². The highest BCUT2D eigenvalue weighted by Gasteiger charge is 2.31. The van der Waals surface area contributed by atoms with Crippen molar-refractivity contribution in [1.82, 2.24) is 4.98 Å². The first kappa shape index (κ1) is 26.0. The number of nitrogens with zero attached hydrogens (tertiary/aromatic N) is 1. The molecule has 2 aromatic carbocycles. The molecule has 1 N–H and O–H groups in total. The van der Waals surface area contributed by atoms with E-state index in [0.29, 0.717) is 29.1 Å². The Morgan fingerprint density at radius 3 is 2.29 bits per heavy atom. The van der Waals surface area contributed by atoms with Gasteiger partial charge in [0.1, 0.15) is 17.2 Å². The van der Waals surface area contributed by atoms with Gasteiger partial charge in [0, 0.05) is 29.9 Å². The molecule has 1 unspecified atom stereocenters. The van der Waals surface area contributed by atoms with E-state index in [2.05, 4.69) is 15.0 Å². The number of anilines is 1. The average molecular weight is 489 g/mol. The maximum atomic E-state index is 12.8. The molecular formula is C26H27F3N2O4. The Labute approximate surface area is 202 Å². The molecule has 1 atom stereocenters. The molecule has 6 nitrogen and oxygen atoms in total. The van der Waals surface area contributed by atoms with Crippen molar-refractivity contribution >= 4 is 11.6 Å². The van der Waals surface area contributed by atoms with E-state index in [0.717, 1.165) is 11.8 Å². The van der Waals surface area contributed by atoms with Gasteiger partial charge in [0.2, 0.25) is 0 Å². The van der Waals surface area contributed by atoms with Crippen molar-refractivity contribution < 1.29 is 32.2 Å². The quantitative estimate of drug-likeness (QED) is 0.363. The molecule has 186 valence electrons. The predicted octanol–water partition coefficient (Wildman–Crippen LogP) is 6.69. The van der Waals surface area contributed by atoms with Crippen molar-refractivity contribution in [2.75, 3.05) is 5.32 Å². The number of carbonyl (C=O) groups is 1. The van der Waals surface area contributed by atoms with Gasteiger partial charge in [-0.15, -0.1) is 13.2 Å². The second kappa shape index (κ2) is 11.2. The Hall–Kier alpha value is -3.59. The number of amides is 1. The molecule has 0 aliphatic heterocycles. The molecule has 0 spiro atoms. The number of rotatable bonds is 9. The van der Waals surface area contributed by atoms with Crippen LogP contribution in [0.5, 0.6) is 17.2 Å². The van der Waals surface area contributed by atoms with E-state index in [1.165, 1.54) is 18.2 Å². The third kappa shape index (κ3) is 8.29. The zero-order valence-electron chi connectivity index (χ0n) is 19.8. The second-order valence-electron chi connectivity index (χ2n) is 8.24. The SMILES string of the molecule is Cc1nc(CC(C)OC(C)C)ccc1C(=O)Nc1cccc(Oc2cccc(OC(F)(F)F)c2)c1. The number of aryl methyl sites for hydroxylation is 1. The molecule has 3 aromatic rings. The minimum absolute atomic E-state index is 0.00466. The number of ether oxygens (including phenoxy) is 3. The summed E-state index contributed by atoms with van der Waals surface area (Å²) in [5.74, 6) is -0.250. The van der Waals surface area contributed by atoms with E-state index in [4.69, 9.17) is 9.47 Å². The molecular weight excluding hydrogens is 461 g/mol. The van der Waals surface area contributed by atoms with Gasteiger partial charge in [0.25, 0.3) is 5.91 Å². The number of pyridine rings is 1. The van der Waals surface area contributed by atoms with Gasteiger partial charge in [-0.25, -0.2) is 0 Å². The first-order valence-electron chi connectivity index (χ1n) is 11.1. The summed E-state index contributed by atoms with van der Waals surface area (Å²) in [5, 5.41) is 2.80. The first-order chi connectivity index (χ1) is 16.5. The van der Waals surface area contributed by atoms with E-state index in [-0.39, 0.29) is 23.9 Å². The Kier molecular flexibility index (Phi) is 8.34. The highest BCUT2D eigenvalue weighted by Crippen LogP contribution is 2.30. The standard InChI is InChI=1S/C26H27F3N2O4/c1-16(2)33-17(3)13-20-11-12-24(18(4)30-20)25(32)31-19-7-5-8-21(14-19)34-22-9-6-10-23(15-22)35-26(27,28)29/h5-12,14-17H,13H2,1-4H3,(H,31,32). The summed E-state index contributed by atoms with van der Waals surface area (Å²) in [7, 11) is 0. The van der Waals surface area contributed by atoms with Crippen molar-refractivity contribution in [3.05, 3.63) is 77.6 Å². The lowest BCUT2D eigenvalue weighted by Crippen LogP contribution is -2.18. The van der Waals surface area contributed by atoms with Crippen LogP contribution < -0.4 is 14.8 Å². The van der Waals surface area contributed by atoms with Crippen LogP contribution in [0.1, 0.15) is 42.5 Å². The maximum absolute atomic E-state index is 12.8. The van der Waals surface area contributed by atoms with Crippen molar-refractivity contribution in [3.63, 3.8) is 0 Å². The van der Waals surface area contributed by atoms with E-state index in [9.17, 15) is 18.0 Å². The Bertz CT molecular complexity index is 1170. The Morgan fingerprint density at radius 1 is 0.971 bits per heavy atom. The van der Waals surface area contributed by atoms with Crippen molar-refractivity contribution in [1.29, 1.82) is 0 Å². The minimum atomic E-state index is -4.80. The molecule has 0 fully saturated rings. The zero-order chi connectivity index (χ0) is 25.6. The fourth-order valence-corrected chi connectivity index (χ4v) is 3.48. The van der Waals surface area contributed by atoms with E-state index in [1.807, 2.05) is 20.8 Å². The smallest absolute Gasteiger partial charge is 0.457 e. The minimum Gasteiger partial charge on any atom is -0.457 e. The highest BCUT2D eigenvalue weighted by atomic mass is 19.4.